The van der Waals surface area contributed by atoms with Crippen molar-refractivity contribution in [1.82, 2.24) is 14.5 Å². The first-order chi connectivity index (χ1) is 25.2. The minimum atomic E-state index is -0.410. The number of fused-ring (bicyclic) bond motifs is 5. The van der Waals surface area contributed by atoms with E-state index in [-0.39, 0.29) is 11.1 Å². The van der Waals surface area contributed by atoms with Gasteiger partial charge in [0.25, 0.3) is 0 Å². The summed E-state index contributed by atoms with van der Waals surface area (Å²) in [4.78, 5) is 19.1. The van der Waals surface area contributed by atoms with Crippen LogP contribution in [0.3, 0.4) is 0 Å². The number of hydrogen-bond acceptors (Lipinski definition) is 6. The van der Waals surface area contributed by atoms with Crippen molar-refractivity contribution in [3.8, 4) is 27.9 Å². The second-order valence-corrected chi connectivity index (χ2v) is 16.4. The first-order valence-corrected chi connectivity index (χ1v) is 18.3. The molecule has 3 aromatic heterocycles. The number of benzene rings is 4. The quantitative estimate of drug-likeness (QED) is 0.179. The molecular formula is C46H43N5O2. The van der Waals surface area contributed by atoms with E-state index in [4.69, 9.17) is 19.5 Å². The maximum atomic E-state index is 6.34. The van der Waals surface area contributed by atoms with Gasteiger partial charge in [0, 0.05) is 57.8 Å². The molecule has 0 saturated heterocycles. The Morgan fingerprint density at radius 1 is 0.472 bits per heavy atom. The van der Waals surface area contributed by atoms with E-state index in [1.165, 1.54) is 21.7 Å². The molecule has 2 aliphatic rings. The lowest BCUT2D eigenvalue weighted by Crippen LogP contribution is -2.41. The van der Waals surface area contributed by atoms with Crippen LogP contribution in [0.1, 0.15) is 66.5 Å². The molecule has 0 fully saturated rings. The highest BCUT2D eigenvalue weighted by atomic mass is 16.5. The van der Waals surface area contributed by atoms with Crippen LogP contribution in [-0.4, -0.2) is 48.6 Å². The van der Waals surface area contributed by atoms with Gasteiger partial charge in [-0.2, -0.15) is 0 Å². The lowest BCUT2D eigenvalue weighted by atomic mass is 9.87. The van der Waals surface area contributed by atoms with Crippen LogP contribution in [0.5, 0.6) is 0 Å². The van der Waals surface area contributed by atoms with Crippen molar-refractivity contribution in [2.45, 2.75) is 77.7 Å². The van der Waals surface area contributed by atoms with Gasteiger partial charge in [-0.05, 0) is 108 Å². The Morgan fingerprint density at radius 2 is 0.981 bits per heavy atom. The molecule has 0 spiro atoms. The average molecular weight is 698 g/mol. The first-order valence-electron chi connectivity index (χ1n) is 18.3. The highest BCUT2D eigenvalue weighted by molar-refractivity contribution is 6.19. The van der Waals surface area contributed by atoms with E-state index in [0.717, 1.165) is 50.0 Å². The molecule has 4 aromatic carbocycles. The molecule has 53 heavy (non-hydrogen) atoms. The Hall–Kier alpha value is -5.82. The summed E-state index contributed by atoms with van der Waals surface area (Å²) in [5, 5.41) is 4.72. The van der Waals surface area contributed by atoms with Gasteiger partial charge in [0.2, 0.25) is 11.8 Å². The molecule has 9 rings (SSSR count). The number of para-hydroxylation sites is 1. The second-order valence-electron chi connectivity index (χ2n) is 16.4. The number of hydrogen-bond donors (Lipinski definition) is 0. The Bertz CT molecular complexity index is 2680. The molecule has 5 heterocycles. The Labute approximate surface area is 310 Å². The van der Waals surface area contributed by atoms with Gasteiger partial charge in [-0.3, -0.25) is 9.97 Å². The van der Waals surface area contributed by atoms with Gasteiger partial charge < -0.3 is 14.0 Å². The van der Waals surface area contributed by atoms with Crippen LogP contribution in [0.2, 0.25) is 0 Å². The van der Waals surface area contributed by atoms with E-state index in [2.05, 4.69) is 161 Å². The predicted molar refractivity (Wildman–Crippen MR) is 216 cm³/mol. The summed E-state index contributed by atoms with van der Waals surface area (Å²) >= 11 is 0. The minimum absolute atomic E-state index is 0.333. The van der Waals surface area contributed by atoms with Crippen molar-refractivity contribution in [2.75, 3.05) is 0 Å². The average Bonchev–Trinajstić information content (AvgIpc) is 3.68. The van der Waals surface area contributed by atoms with Crippen LogP contribution in [0.4, 0.5) is 0 Å². The summed E-state index contributed by atoms with van der Waals surface area (Å²) in [6, 6.07) is 32.8. The molecule has 7 heteroatoms. The van der Waals surface area contributed by atoms with Crippen LogP contribution in [0, 0.1) is 0 Å². The number of aromatic nitrogens is 3. The van der Waals surface area contributed by atoms with Gasteiger partial charge in [0.05, 0.1) is 33.2 Å². The summed E-state index contributed by atoms with van der Waals surface area (Å²) in [6.07, 6.45) is 7.50. The van der Waals surface area contributed by atoms with E-state index < -0.39 is 11.2 Å². The minimum Gasteiger partial charge on any atom is -0.469 e. The summed E-state index contributed by atoms with van der Waals surface area (Å²) < 4.78 is 15.1. The fourth-order valence-corrected chi connectivity index (χ4v) is 7.27. The third kappa shape index (κ3) is 5.24. The Morgan fingerprint density at radius 3 is 1.53 bits per heavy atom. The van der Waals surface area contributed by atoms with Crippen LogP contribution < -0.4 is 0 Å². The number of aliphatic imine (C=N–C) groups is 2. The predicted octanol–water partition coefficient (Wildman–Crippen LogP) is 10.7. The van der Waals surface area contributed by atoms with Crippen molar-refractivity contribution in [3.63, 3.8) is 0 Å². The van der Waals surface area contributed by atoms with E-state index in [9.17, 15) is 0 Å². The summed E-state index contributed by atoms with van der Waals surface area (Å²) in [6.45, 7) is 16.8. The molecule has 264 valence electrons. The third-order valence-electron chi connectivity index (χ3n) is 11.8. The largest absolute Gasteiger partial charge is 0.469 e. The molecule has 0 saturated carbocycles. The highest BCUT2D eigenvalue weighted by Crippen LogP contribution is 2.41. The van der Waals surface area contributed by atoms with Gasteiger partial charge >= 0.3 is 0 Å². The van der Waals surface area contributed by atoms with E-state index in [1.54, 1.807) is 0 Å². The van der Waals surface area contributed by atoms with Crippen molar-refractivity contribution in [3.05, 3.63) is 127 Å². The van der Waals surface area contributed by atoms with Gasteiger partial charge in [-0.25, -0.2) is 9.98 Å². The number of rotatable bonds is 5. The molecule has 0 amide bonds. The summed E-state index contributed by atoms with van der Waals surface area (Å²) in [7, 11) is 0. The zero-order chi connectivity index (χ0) is 36.9. The molecule has 0 atom stereocenters. The van der Waals surface area contributed by atoms with Gasteiger partial charge in [-0.1, -0.05) is 54.6 Å². The van der Waals surface area contributed by atoms with Crippen LogP contribution in [0.25, 0.3) is 60.5 Å². The zero-order valence-corrected chi connectivity index (χ0v) is 31.5. The molecule has 0 aliphatic carbocycles. The smallest absolute Gasteiger partial charge is 0.218 e. The molecule has 2 aliphatic heterocycles. The molecule has 0 bridgehead atoms. The second kappa shape index (κ2) is 11.3. The van der Waals surface area contributed by atoms with Crippen molar-refractivity contribution in [2.24, 2.45) is 9.98 Å². The van der Waals surface area contributed by atoms with Gasteiger partial charge in [-0.15, -0.1) is 0 Å². The van der Waals surface area contributed by atoms with Crippen molar-refractivity contribution in [1.29, 1.82) is 0 Å². The fourth-order valence-electron chi connectivity index (χ4n) is 7.27. The highest BCUT2D eigenvalue weighted by Gasteiger charge is 2.46. The molecule has 0 N–H and O–H groups in total. The Balaban J connectivity index is 1.17. The van der Waals surface area contributed by atoms with Crippen molar-refractivity contribution < 1.29 is 9.47 Å². The third-order valence-corrected chi connectivity index (χ3v) is 11.8. The SMILES string of the molecule is CC1(C)N=C(c2cncc(-c3ccc4c(ccc5c6ccc(-c7cncc(C8=NC(C)(C)C(C)(C)O8)c7)cc6n(-c6ccccc6)c45)c3)c2)OC1(C)C. The van der Waals surface area contributed by atoms with E-state index in [0.29, 0.717) is 11.8 Å². The number of pyridine rings is 2. The normalized spacial score (nSPS) is 18.2. The summed E-state index contributed by atoms with van der Waals surface area (Å²) in [5.41, 5.74) is 7.86. The standard InChI is InChI=1S/C46H43N5O2/c1-43(2)45(5,6)52-41(49-43)33-21-31(24-47-26-33)28-14-17-36-30(20-28)16-19-38-37-18-15-29(23-39(37)51(40(36)38)35-12-10-9-11-13-35)32-22-34(27-48-25-32)42-50-44(3,4)46(7,8)53-42/h9-27H,1-8H3. The Kier molecular flexibility index (Phi) is 7.07. The van der Waals surface area contributed by atoms with E-state index >= 15 is 0 Å². The number of nitrogens with zero attached hydrogens (tertiary/aromatic N) is 5. The summed E-state index contributed by atoms with van der Waals surface area (Å²) in [5.74, 6) is 1.27. The fraction of sp³-hybridized carbons (Fsp3) is 0.261. The van der Waals surface area contributed by atoms with E-state index in [1.807, 2.05) is 24.8 Å². The number of ether oxygens (including phenoxy) is 2. The zero-order valence-electron chi connectivity index (χ0n) is 31.5. The maximum Gasteiger partial charge on any atom is 0.218 e. The van der Waals surface area contributed by atoms with Crippen molar-refractivity contribution >= 4 is 44.4 Å². The van der Waals surface area contributed by atoms with Crippen LogP contribution in [-0.2, 0) is 9.47 Å². The first kappa shape index (κ1) is 33.0. The topological polar surface area (TPSA) is 73.9 Å². The monoisotopic (exact) mass is 697 g/mol. The molecule has 0 radical (unpaired) electrons. The molecule has 0 unspecified atom stereocenters. The maximum absolute atomic E-state index is 6.34. The van der Waals surface area contributed by atoms with Crippen LogP contribution >= 0.6 is 0 Å². The lowest BCUT2D eigenvalue weighted by molar-refractivity contribution is 0.0618. The van der Waals surface area contributed by atoms with Gasteiger partial charge in [0.1, 0.15) is 11.2 Å². The molecular weight excluding hydrogens is 655 g/mol. The lowest BCUT2D eigenvalue weighted by Gasteiger charge is -2.30. The molecule has 7 nitrogen and oxygen atoms in total. The molecule has 7 aromatic rings. The van der Waals surface area contributed by atoms with Gasteiger partial charge in [0.15, 0.2) is 0 Å². The van der Waals surface area contributed by atoms with Crippen LogP contribution in [0.15, 0.2) is 126 Å².